The molecule has 0 saturated heterocycles. The maximum Gasteiger partial charge on any atom is 0.228 e. The third-order valence-electron chi connectivity index (χ3n) is 5.62. The Balaban J connectivity index is 2.18. The van der Waals surface area contributed by atoms with Crippen LogP contribution in [0, 0.1) is 62.1 Å². The summed E-state index contributed by atoms with van der Waals surface area (Å²) in [7, 11) is 0. The first kappa shape index (κ1) is 19.4. The van der Waals surface area contributed by atoms with E-state index in [9.17, 15) is 20.6 Å². The van der Waals surface area contributed by atoms with Gasteiger partial charge in [-0.3, -0.25) is 4.79 Å². The van der Waals surface area contributed by atoms with Gasteiger partial charge < -0.3 is 14.7 Å². The molecule has 3 rings (SSSR count). The molecular formula is C21H21N5O2. The molecule has 0 aromatic carbocycles. The summed E-state index contributed by atoms with van der Waals surface area (Å²) in [6, 6.07) is 7.81. The van der Waals surface area contributed by atoms with E-state index in [1.54, 1.807) is 11.0 Å². The molecule has 3 atom stereocenters. The number of nitrogens with one attached hydrogen (secondary N) is 1. The standard InChI is InChI=1S/C21H21N5O2/c1-20(2,3)19(27)26-6-4-14-15(8-22)18(25)21(11-23,12-24)17(16(14)9-26)13-5-7-28-10-13/h4-5,7,10,15-17,25H,6,9H2,1-3H3. The molecule has 1 N–H and O–H groups in total. The van der Waals surface area contributed by atoms with Gasteiger partial charge in [-0.05, 0) is 17.2 Å². The second-order valence-electron chi connectivity index (χ2n) is 8.31. The minimum absolute atomic E-state index is 0.0394. The first-order chi connectivity index (χ1) is 13.2. The number of carbonyl (C=O) groups is 1. The molecule has 1 fully saturated rings. The lowest BCUT2D eigenvalue weighted by Crippen LogP contribution is -2.54. The monoisotopic (exact) mass is 375 g/mol. The third-order valence-corrected chi connectivity index (χ3v) is 5.62. The SMILES string of the molecule is CC(C)(C)C(=O)N1CC=C2C(C#N)C(=N)C(C#N)(C#N)C(c3ccoc3)C2C1. The number of fused-ring (bicyclic) bond motifs is 1. The largest absolute Gasteiger partial charge is 0.472 e. The number of hydrogen-bond acceptors (Lipinski definition) is 6. The number of carbonyl (C=O) groups excluding carboxylic acids is 1. The highest BCUT2D eigenvalue weighted by molar-refractivity contribution is 6.01. The van der Waals surface area contributed by atoms with E-state index in [0.29, 0.717) is 17.7 Å². The van der Waals surface area contributed by atoms with Crippen LogP contribution in [-0.4, -0.2) is 29.6 Å². The molecule has 3 unspecified atom stereocenters. The van der Waals surface area contributed by atoms with Crippen molar-refractivity contribution in [2.45, 2.75) is 26.7 Å². The molecule has 28 heavy (non-hydrogen) atoms. The summed E-state index contributed by atoms with van der Waals surface area (Å²) >= 11 is 0. The molecule has 0 radical (unpaired) electrons. The van der Waals surface area contributed by atoms with E-state index >= 15 is 0 Å². The third kappa shape index (κ3) is 2.70. The average molecular weight is 375 g/mol. The van der Waals surface area contributed by atoms with Crippen LogP contribution in [0.15, 0.2) is 34.7 Å². The Hall–Kier alpha value is -3.37. The van der Waals surface area contributed by atoms with Crippen LogP contribution in [0.1, 0.15) is 32.3 Å². The van der Waals surface area contributed by atoms with Crippen molar-refractivity contribution in [1.29, 1.82) is 21.2 Å². The molecule has 0 bridgehead atoms. The quantitative estimate of drug-likeness (QED) is 0.754. The van der Waals surface area contributed by atoms with Crippen LogP contribution < -0.4 is 0 Å². The maximum atomic E-state index is 12.8. The van der Waals surface area contributed by atoms with Gasteiger partial charge in [-0.25, -0.2) is 0 Å². The highest BCUT2D eigenvalue weighted by atomic mass is 16.3. The van der Waals surface area contributed by atoms with Crippen LogP contribution in [0.5, 0.6) is 0 Å². The van der Waals surface area contributed by atoms with E-state index < -0.39 is 28.6 Å². The second-order valence-corrected chi connectivity index (χ2v) is 8.31. The Labute approximate surface area is 164 Å². The van der Waals surface area contributed by atoms with Gasteiger partial charge in [0.2, 0.25) is 5.91 Å². The van der Waals surface area contributed by atoms with E-state index in [4.69, 9.17) is 9.83 Å². The lowest BCUT2D eigenvalue weighted by atomic mass is 9.54. The van der Waals surface area contributed by atoms with Gasteiger partial charge in [0.15, 0.2) is 5.41 Å². The fourth-order valence-electron chi connectivity index (χ4n) is 4.28. The lowest BCUT2D eigenvalue weighted by Gasteiger charge is -2.48. The average Bonchev–Trinajstić information content (AvgIpc) is 3.19. The van der Waals surface area contributed by atoms with Gasteiger partial charge in [0, 0.05) is 30.3 Å². The predicted octanol–water partition coefficient (Wildman–Crippen LogP) is 3.00. The van der Waals surface area contributed by atoms with E-state index in [1.807, 2.05) is 39.0 Å². The van der Waals surface area contributed by atoms with Crippen molar-refractivity contribution in [3.05, 3.63) is 35.8 Å². The van der Waals surface area contributed by atoms with E-state index in [2.05, 4.69) is 6.07 Å². The summed E-state index contributed by atoms with van der Waals surface area (Å²) in [5.41, 5.74) is -1.25. The molecule has 0 spiro atoms. The van der Waals surface area contributed by atoms with Crippen LogP contribution in [0.3, 0.4) is 0 Å². The van der Waals surface area contributed by atoms with E-state index in [0.717, 1.165) is 0 Å². The molecule has 1 aromatic rings. The molecule has 7 heteroatoms. The van der Waals surface area contributed by atoms with Crippen molar-refractivity contribution in [2.75, 3.05) is 13.1 Å². The Morgan fingerprint density at radius 2 is 2.00 bits per heavy atom. The predicted molar refractivity (Wildman–Crippen MR) is 99.5 cm³/mol. The molecular weight excluding hydrogens is 354 g/mol. The Morgan fingerprint density at radius 1 is 1.32 bits per heavy atom. The van der Waals surface area contributed by atoms with Gasteiger partial charge in [-0.15, -0.1) is 0 Å². The molecule has 2 heterocycles. The first-order valence-corrected chi connectivity index (χ1v) is 9.03. The first-order valence-electron chi connectivity index (χ1n) is 9.03. The highest BCUT2D eigenvalue weighted by Crippen LogP contribution is 2.53. The molecule has 1 aliphatic heterocycles. The molecule has 7 nitrogen and oxygen atoms in total. The van der Waals surface area contributed by atoms with Crippen LogP contribution in [-0.2, 0) is 4.79 Å². The molecule has 1 amide bonds. The van der Waals surface area contributed by atoms with Crippen LogP contribution in [0.25, 0.3) is 0 Å². The summed E-state index contributed by atoms with van der Waals surface area (Å²) in [5.74, 6) is -2.10. The number of rotatable bonds is 1. The lowest BCUT2D eigenvalue weighted by molar-refractivity contribution is -0.139. The second kappa shape index (κ2) is 6.66. The number of amides is 1. The fraction of sp³-hybridized carbons (Fsp3) is 0.476. The van der Waals surface area contributed by atoms with Crippen molar-refractivity contribution >= 4 is 11.6 Å². The molecule has 1 aliphatic carbocycles. The zero-order valence-electron chi connectivity index (χ0n) is 16.1. The molecule has 2 aliphatic rings. The van der Waals surface area contributed by atoms with Gasteiger partial charge in [-0.1, -0.05) is 26.8 Å². The van der Waals surface area contributed by atoms with Crippen LogP contribution in [0.4, 0.5) is 0 Å². The molecule has 142 valence electrons. The Kier molecular flexibility index (Phi) is 4.61. The normalized spacial score (nSPS) is 26.3. The topological polar surface area (TPSA) is 129 Å². The minimum atomic E-state index is -1.79. The van der Waals surface area contributed by atoms with Gasteiger partial charge in [-0.2, -0.15) is 15.8 Å². The van der Waals surface area contributed by atoms with Gasteiger partial charge in [0.1, 0.15) is 5.92 Å². The Morgan fingerprint density at radius 3 is 2.50 bits per heavy atom. The van der Waals surface area contributed by atoms with Crippen molar-refractivity contribution in [2.24, 2.45) is 22.7 Å². The van der Waals surface area contributed by atoms with Gasteiger partial charge in [0.25, 0.3) is 0 Å². The number of nitrogens with zero attached hydrogens (tertiary/aromatic N) is 4. The zero-order valence-corrected chi connectivity index (χ0v) is 16.1. The van der Waals surface area contributed by atoms with E-state index in [-0.39, 0.29) is 18.2 Å². The van der Waals surface area contributed by atoms with Crippen LogP contribution in [0.2, 0.25) is 0 Å². The smallest absolute Gasteiger partial charge is 0.228 e. The Bertz CT molecular complexity index is 948. The number of furan rings is 1. The molecule has 1 saturated carbocycles. The summed E-state index contributed by atoms with van der Waals surface area (Å²) in [6.07, 6.45) is 4.74. The highest BCUT2D eigenvalue weighted by Gasteiger charge is 2.58. The summed E-state index contributed by atoms with van der Waals surface area (Å²) in [5, 5.41) is 38.1. The van der Waals surface area contributed by atoms with Crippen molar-refractivity contribution in [3.63, 3.8) is 0 Å². The molecule has 1 aromatic heterocycles. The summed E-state index contributed by atoms with van der Waals surface area (Å²) in [4.78, 5) is 14.5. The van der Waals surface area contributed by atoms with Gasteiger partial charge >= 0.3 is 0 Å². The van der Waals surface area contributed by atoms with Crippen molar-refractivity contribution in [1.82, 2.24) is 4.90 Å². The number of hydrogen-bond donors (Lipinski definition) is 1. The van der Waals surface area contributed by atoms with Gasteiger partial charge in [0.05, 0.1) is 36.4 Å². The zero-order chi connectivity index (χ0) is 20.7. The number of nitriles is 3. The van der Waals surface area contributed by atoms with Crippen LogP contribution >= 0.6 is 0 Å². The fourth-order valence-corrected chi connectivity index (χ4v) is 4.28. The summed E-state index contributed by atoms with van der Waals surface area (Å²) < 4.78 is 5.19. The minimum Gasteiger partial charge on any atom is -0.472 e. The van der Waals surface area contributed by atoms with Crippen molar-refractivity contribution < 1.29 is 9.21 Å². The summed E-state index contributed by atoms with van der Waals surface area (Å²) in [6.45, 7) is 6.15. The van der Waals surface area contributed by atoms with E-state index in [1.165, 1.54) is 12.5 Å². The maximum absolute atomic E-state index is 12.8. The van der Waals surface area contributed by atoms with Crippen molar-refractivity contribution in [3.8, 4) is 18.2 Å².